The van der Waals surface area contributed by atoms with E-state index < -0.39 is 0 Å². The van der Waals surface area contributed by atoms with Crippen LogP contribution in [0.1, 0.15) is 60.9 Å². The van der Waals surface area contributed by atoms with E-state index in [1.165, 1.54) is 37.7 Å². The van der Waals surface area contributed by atoms with Crippen LogP contribution in [0.15, 0.2) is 24.3 Å². The van der Waals surface area contributed by atoms with Crippen LogP contribution in [-0.2, 0) is 0 Å². The van der Waals surface area contributed by atoms with Crippen LogP contribution in [0.2, 0.25) is 0 Å². The number of halogens is 1. The maximum atomic E-state index is 11.5. The van der Waals surface area contributed by atoms with Crippen molar-refractivity contribution in [2.24, 2.45) is 5.92 Å². The SMILES string of the molecule is CCC1CCC(c2ccc(C(=O)CBr)cc2)CC1. The third-order valence-corrected chi connectivity index (χ3v) is 4.76. The summed E-state index contributed by atoms with van der Waals surface area (Å²) in [6.07, 6.45) is 6.67. The Morgan fingerprint density at radius 3 is 2.28 bits per heavy atom. The number of rotatable bonds is 4. The molecule has 1 fully saturated rings. The standard InChI is InChI=1S/C16H21BrO/c1-2-12-3-5-13(6-4-12)14-7-9-15(10-8-14)16(18)11-17/h7-10,12-13H,2-6,11H2,1H3. The van der Waals surface area contributed by atoms with Gasteiger partial charge >= 0.3 is 0 Å². The molecule has 0 saturated heterocycles. The molecule has 0 N–H and O–H groups in total. The van der Waals surface area contributed by atoms with E-state index in [0.29, 0.717) is 11.2 Å². The molecule has 1 aromatic carbocycles. The molecule has 1 nitrogen and oxygen atoms in total. The molecule has 0 amide bonds. The van der Waals surface area contributed by atoms with Gasteiger partial charge in [0.25, 0.3) is 0 Å². The minimum atomic E-state index is 0.163. The minimum Gasteiger partial charge on any atom is -0.293 e. The van der Waals surface area contributed by atoms with E-state index in [-0.39, 0.29) is 5.78 Å². The van der Waals surface area contributed by atoms with Gasteiger partial charge in [-0.3, -0.25) is 4.79 Å². The van der Waals surface area contributed by atoms with Gasteiger partial charge in [-0.1, -0.05) is 53.5 Å². The molecular weight excluding hydrogens is 288 g/mol. The number of hydrogen-bond donors (Lipinski definition) is 0. The van der Waals surface area contributed by atoms with Gasteiger partial charge in [0, 0.05) is 5.56 Å². The Labute approximate surface area is 118 Å². The molecule has 0 bridgehead atoms. The van der Waals surface area contributed by atoms with E-state index in [9.17, 15) is 4.79 Å². The van der Waals surface area contributed by atoms with Crippen LogP contribution < -0.4 is 0 Å². The molecule has 1 aliphatic rings. The van der Waals surface area contributed by atoms with E-state index in [0.717, 1.165) is 11.5 Å². The van der Waals surface area contributed by atoms with Gasteiger partial charge in [0.05, 0.1) is 5.33 Å². The third kappa shape index (κ3) is 3.23. The van der Waals surface area contributed by atoms with Crippen LogP contribution >= 0.6 is 15.9 Å². The van der Waals surface area contributed by atoms with Gasteiger partial charge in [0.1, 0.15) is 0 Å². The van der Waals surface area contributed by atoms with Crippen molar-refractivity contribution in [3.05, 3.63) is 35.4 Å². The molecule has 18 heavy (non-hydrogen) atoms. The molecule has 1 aliphatic carbocycles. The van der Waals surface area contributed by atoms with Crippen LogP contribution in [0.4, 0.5) is 0 Å². The zero-order valence-electron chi connectivity index (χ0n) is 11.0. The molecule has 98 valence electrons. The lowest BCUT2D eigenvalue weighted by atomic mass is 9.78. The number of carbonyl (C=O) groups is 1. The molecule has 0 atom stereocenters. The first-order valence-corrected chi connectivity index (χ1v) is 8.05. The normalized spacial score (nSPS) is 23.9. The molecule has 0 aliphatic heterocycles. The fourth-order valence-electron chi connectivity index (χ4n) is 2.92. The first-order valence-electron chi connectivity index (χ1n) is 6.93. The Morgan fingerprint density at radius 2 is 1.78 bits per heavy atom. The van der Waals surface area contributed by atoms with Crippen LogP contribution in [0.3, 0.4) is 0 Å². The zero-order chi connectivity index (χ0) is 13.0. The first-order chi connectivity index (χ1) is 8.74. The monoisotopic (exact) mass is 308 g/mol. The summed E-state index contributed by atoms with van der Waals surface area (Å²) in [4.78, 5) is 11.5. The van der Waals surface area contributed by atoms with Crippen molar-refractivity contribution in [3.63, 3.8) is 0 Å². The topological polar surface area (TPSA) is 17.1 Å². The van der Waals surface area contributed by atoms with Gasteiger partial charge < -0.3 is 0 Å². The molecule has 0 heterocycles. The molecule has 2 heteroatoms. The predicted molar refractivity (Wildman–Crippen MR) is 79.6 cm³/mol. The number of Topliss-reactive ketones (excluding diaryl/α,β-unsaturated/α-hetero) is 1. The largest absolute Gasteiger partial charge is 0.293 e. The van der Waals surface area contributed by atoms with Gasteiger partial charge in [-0.15, -0.1) is 0 Å². The molecule has 0 spiro atoms. The lowest BCUT2D eigenvalue weighted by Gasteiger charge is -2.28. The number of ketones is 1. The summed E-state index contributed by atoms with van der Waals surface area (Å²) in [5.74, 6) is 1.81. The average molecular weight is 309 g/mol. The maximum Gasteiger partial charge on any atom is 0.173 e. The van der Waals surface area contributed by atoms with Gasteiger partial charge in [0.2, 0.25) is 0 Å². The summed E-state index contributed by atoms with van der Waals surface area (Å²) in [7, 11) is 0. The van der Waals surface area contributed by atoms with Crippen LogP contribution in [0, 0.1) is 5.92 Å². The van der Waals surface area contributed by atoms with E-state index in [4.69, 9.17) is 0 Å². The molecule has 2 rings (SSSR count). The number of carbonyl (C=O) groups excluding carboxylic acids is 1. The second-order valence-electron chi connectivity index (χ2n) is 5.30. The highest BCUT2D eigenvalue weighted by Gasteiger charge is 2.21. The average Bonchev–Trinajstić information content (AvgIpc) is 2.47. The van der Waals surface area contributed by atoms with Gasteiger partial charge in [0.15, 0.2) is 5.78 Å². The second-order valence-corrected chi connectivity index (χ2v) is 5.87. The lowest BCUT2D eigenvalue weighted by molar-refractivity contribution is 0.102. The van der Waals surface area contributed by atoms with Crippen molar-refractivity contribution in [3.8, 4) is 0 Å². The van der Waals surface area contributed by atoms with Crippen LogP contribution in [0.5, 0.6) is 0 Å². The predicted octanol–water partition coefficient (Wildman–Crippen LogP) is 4.95. The Hall–Kier alpha value is -0.630. The molecule has 0 aromatic heterocycles. The quantitative estimate of drug-likeness (QED) is 0.568. The smallest absolute Gasteiger partial charge is 0.173 e. The van der Waals surface area contributed by atoms with Crippen molar-refractivity contribution in [2.75, 3.05) is 5.33 Å². The number of benzene rings is 1. The van der Waals surface area contributed by atoms with Gasteiger partial charge in [-0.2, -0.15) is 0 Å². The highest BCUT2D eigenvalue weighted by Crippen LogP contribution is 2.36. The Kier molecular flexibility index (Phi) is 4.99. The molecule has 1 aromatic rings. The summed E-state index contributed by atoms with van der Waals surface area (Å²) in [5.41, 5.74) is 2.23. The summed E-state index contributed by atoms with van der Waals surface area (Å²) >= 11 is 3.21. The highest BCUT2D eigenvalue weighted by atomic mass is 79.9. The van der Waals surface area contributed by atoms with E-state index in [1.54, 1.807) is 0 Å². The van der Waals surface area contributed by atoms with Crippen molar-refractivity contribution in [2.45, 2.75) is 44.9 Å². The van der Waals surface area contributed by atoms with Gasteiger partial charge in [-0.05, 0) is 43.1 Å². The van der Waals surface area contributed by atoms with E-state index >= 15 is 0 Å². The van der Waals surface area contributed by atoms with Crippen molar-refractivity contribution in [1.82, 2.24) is 0 Å². The van der Waals surface area contributed by atoms with Crippen LogP contribution in [0.25, 0.3) is 0 Å². The Balaban J connectivity index is 2.00. The highest BCUT2D eigenvalue weighted by molar-refractivity contribution is 9.09. The Morgan fingerprint density at radius 1 is 1.17 bits per heavy atom. The number of alkyl halides is 1. The van der Waals surface area contributed by atoms with E-state index in [1.807, 2.05) is 12.1 Å². The zero-order valence-corrected chi connectivity index (χ0v) is 12.6. The van der Waals surface area contributed by atoms with Crippen molar-refractivity contribution >= 4 is 21.7 Å². The number of hydrogen-bond acceptors (Lipinski definition) is 1. The molecular formula is C16H21BrO. The first kappa shape index (κ1) is 13.8. The summed E-state index contributed by atoms with van der Waals surface area (Å²) in [6, 6.07) is 8.25. The van der Waals surface area contributed by atoms with Crippen molar-refractivity contribution < 1.29 is 4.79 Å². The summed E-state index contributed by atoms with van der Waals surface area (Å²) < 4.78 is 0. The van der Waals surface area contributed by atoms with Gasteiger partial charge in [-0.25, -0.2) is 0 Å². The second kappa shape index (κ2) is 6.51. The fourth-order valence-corrected chi connectivity index (χ4v) is 3.25. The lowest BCUT2D eigenvalue weighted by Crippen LogP contribution is -2.12. The third-order valence-electron chi connectivity index (χ3n) is 4.25. The molecule has 0 unspecified atom stereocenters. The molecule has 1 saturated carbocycles. The summed E-state index contributed by atoms with van der Waals surface area (Å²) in [5, 5.41) is 0.411. The minimum absolute atomic E-state index is 0.163. The Bertz CT molecular complexity index is 388. The molecule has 0 radical (unpaired) electrons. The fraction of sp³-hybridized carbons (Fsp3) is 0.562. The summed E-state index contributed by atoms with van der Waals surface area (Å²) in [6.45, 7) is 2.30. The van der Waals surface area contributed by atoms with Crippen molar-refractivity contribution in [1.29, 1.82) is 0 Å². The van der Waals surface area contributed by atoms with E-state index in [2.05, 4.69) is 35.0 Å². The van der Waals surface area contributed by atoms with Crippen LogP contribution in [-0.4, -0.2) is 11.1 Å². The maximum absolute atomic E-state index is 11.5.